The van der Waals surface area contributed by atoms with Crippen LogP contribution in [0.2, 0.25) is 0 Å². The molecule has 4 heteroatoms. The van der Waals surface area contributed by atoms with Crippen molar-refractivity contribution in [3.63, 3.8) is 0 Å². The monoisotopic (exact) mass is 200 g/mol. The van der Waals surface area contributed by atoms with Gasteiger partial charge < -0.3 is 10.6 Å². The number of nitrogens with one attached hydrogen (secondary N) is 2. The highest BCUT2D eigenvalue weighted by Gasteiger charge is 2.40. The molecule has 0 bridgehead atoms. The van der Waals surface area contributed by atoms with Crippen LogP contribution in [0.15, 0.2) is 0 Å². The fraction of sp³-hybridized carbons (Fsp3) is 0.889. The maximum Gasteiger partial charge on any atom is 0.238 e. The minimum Gasteiger partial charge on any atom is -0.350 e. The van der Waals surface area contributed by atoms with Gasteiger partial charge in [0.15, 0.2) is 0 Å². The molecule has 2 fully saturated rings. The molecular weight excluding hydrogens is 184 g/mol. The predicted molar refractivity (Wildman–Crippen MR) is 54.9 cm³/mol. The molecule has 0 aromatic heterocycles. The molecule has 1 heterocycles. The van der Waals surface area contributed by atoms with Crippen LogP contribution in [0.5, 0.6) is 0 Å². The van der Waals surface area contributed by atoms with Gasteiger partial charge in [0.25, 0.3) is 0 Å². The van der Waals surface area contributed by atoms with Gasteiger partial charge in [-0.25, -0.2) is 0 Å². The van der Waals surface area contributed by atoms with Crippen molar-refractivity contribution in [2.75, 3.05) is 18.1 Å². The van der Waals surface area contributed by atoms with Gasteiger partial charge in [-0.05, 0) is 19.8 Å². The summed E-state index contributed by atoms with van der Waals surface area (Å²) in [6, 6.07) is 0.0381. The van der Waals surface area contributed by atoms with Gasteiger partial charge in [0, 0.05) is 23.6 Å². The van der Waals surface area contributed by atoms with Crippen molar-refractivity contribution in [2.24, 2.45) is 0 Å². The molecule has 0 aromatic carbocycles. The number of carbonyl (C=O) groups is 1. The molecule has 1 atom stereocenters. The average molecular weight is 200 g/mol. The molecule has 1 aliphatic carbocycles. The maximum absolute atomic E-state index is 11.7. The number of hydrogen-bond donors (Lipinski definition) is 2. The third-order valence-corrected chi connectivity index (χ3v) is 3.72. The predicted octanol–water partition coefficient (Wildman–Crippen LogP) is 0.360. The zero-order valence-electron chi connectivity index (χ0n) is 7.93. The Kier molecular flexibility index (Phi) is 2.51. The first kappa shape index (κ1) is 9.34. The summed E-state index contributed by atoms with van der Waals surface area (Å²) in [6.07, 6.45) is 2.28. The molecule has 1 saturated carbocycles. The van der Waals surface area contributed by atoms with E-state index in [0.717, 1.165) is 30.9 Å². The molecule has 13 heavy (non-hydrogen) atoms. The molecule has 0 spiro atoms. The first-order valence-corrected chi connectivity index (χ1v) is 5.98. The van der Waals surface area contributed by atoms with Crippen molar-refractivity contribution in [1.82, 2.24) is 10.6 Å². The van der Waals surface area contributed by atoms with Crippen LogP contribution in [-0.2, 0) is 4.79 Å². The molecule has 1 amide bonds. The summed E-state index contributed by atoms with van der Waals surface area (Å²) >= 11 is 1.85. The maximum atomic E-state index is 11.7. The second-order valence-corrected chi connectivity index (χ2v) is 5.28. The Balaban J connectivity index is 1.81. The third-order valence-electron chi connectivity index (χ3n) is 2.66. The van der Waals surface area contributed by atoms with Crippen LogP contribution in [0, 0.1) is 0 Å². The Morgan fingerprint density at radius 3 is 2.92 bits per heavy atom. The number of carbonyl (C=O) groups excluding carboxylic acids is 1. The van der Waals surface area contributed by atoms with Gasteiger partial charge in [-0.2, -0.15) is 11.8 Å². The largest absolute Gasteiger partial charge is 0.350 e. The van der Waals surface area contributed by atoms with Crippen molar-refractivity contribution in [1.29, 1.82) is 0 Å². The summed E-state index contributed by atoms with van der Waals surface area (Å²) in [6.45, 7) is 3.07. The van der Waals surface area contributed by atoms with Gasteiger partial charge in [-0.3, -0.25) is 4.79 Å². The Morgan fingerprint density at radius 1 is 1.62 bits per heavy atom. The topological polar surface area (TPSA) is 41.1 Å². The summed E-state index contributed by atoms with van der Waals surface area (Å²) in [5, 5.41) is 6.32. The van der Waals surface area contributed by atoms with Crippen molar-refractivity contribution in [3.8, 4) is 0 Å². The quantitative estimate of drug-likeness (QED) is 0.676. The summed E-state index contributed by atoms with van der Waals surface area (Å²) in [4.78, 5) is 11.7. The van der Waals surface area contributed by atoms with Crippen LogP contribution in [-0.4, -0.2) is 35.5 Å². The Hall–Kier alpha value is -0.220. The lowest BCUT2D eigenvalue weighted by Gasteiger charge is -2.24. The van der Waals surface area contributed by atoms with Crippen LogP contribution in [0.25, 0.3) is 0 Å². The van der Waals surface area contributed by atoms with E-state index in [1.807, 2.05) is 11.8 Å². The van der Waals surface area contributed by atoms with Crippen LogP contribution >= 0.6 is 11.8 Å². The highest BCUT2D eigenvalue weighted by molar-refractivity contribution is 7.99. The molecule has 0 radical (unpaired) electrons. The minimum atomic E-state index is 0.0381. The average Bonchev–Trinajstić information content (AvgIpc) is 2.85. The van der Waals surface area contributed by atoms with E-state index in [0.29, 0.717) is 0 Å². The molecular formula is C9H16N2OS. The number of rotatable bonds is 2. The normalized spacial score (nSPS) is 31.0. The smallest absolute Gasteiger partial charge is 0.238 e. The van der Waals surface area contributed by atoms with Crippen LogP contribution in [0.3, 0.4) is 0 Å². The lowest BCUT2D eigenvalue weighted by atomic mass is 10.2. The molecule has 0 aromatic rings. The Morgan fingerprint density at radius 2 is 2.38 bits per heavy atom. The first-order valence-electron chi connectivity index (χ1n) is 4.83. The summed E-state index contributed by atoms with van der Waals surface area (Å²) < 4.78 is 0. The van der Waals surface area contributed by atoms with Gasteiger partial charge in [-0.1, -0.05) is 0 Å². The van der Waals surface area contributed by atoms with E-state index in [1.165, 1.54) is 0 Å². The molecule has 3 nitrogen and oxygen atoms in total. The zero-order valence-corrected chi connectivity index (χ0v) is 8.75. The summed E-state index contributed by atoms with van der Waals surface area (Å²) in [5.41, 5.74) is 0.126. The van der Waals surface area contributed by atoms with E-state index in [-0.39, 0.29) is 17.5 Å². The SMILES string of the molecule is CC1(NC(=O)C2CSCCN2)CC1. The third kappa shape index (κ3) is 2.38. The minimum absolute atomic E-state index is 0.0381. The summed E-state index contributed by atoms with van der Waals surface area (Å²) in [7, 11) is 0. The fourth-order valence-corrected chi connectivity index (χ4v) is 2.36. The molecule has 2 rings (SSSR count). The van der Waals surface area contributed by atoms with Gasteiger partial charge in [0.2, 0.25) is 5.91 Å². The second kappa shape index (κ2) is 3.50. The Labute approximate surface area is 83.0 Å². The molecule has 1 saturated heterocycles. The van der Waals surface area contributed by atoms with Gasteiger partial charge in [-0.15, -0.1) is 0 Å². The lowest BCUT2D eigenvalue weighted by Crippen LogP contribution is -2.51. The molecule has 74 valence electrons. The molecule has 1 unspecified atom stereocenters. The van der Waals surface area contributed by atoms with Crippen molar-refractivity contribution >= 4 is 17.7 Å². The Bertz CT molecular complexity index is 210. The van der Waals surface area contributed by atoms with Gasteiger partial charge in [0.1, 0.15) is 0 Å². The van der Waals surface area contributed by atoms with E-state index >= 15 is 0 Å². The molecule has 1 aliphatic heterocycles. The van der Waals surface area contributed by atoms with Gasteiger partial charge in [0.05, 0.1) is 6.04 Å². The lowest BCUT2D eigenvalue weighted by molar-refractivity contribution is -0.123. The van der Waals surface area contributed by atoms with Crippen LogP contribution in [0.1, 0.15) is 19.8 Å². The molecule has 2 aliphatic rings. The van der Waals surface area contributed by atoms with E-state index in [2.05, 4.69) is 17.6 Å². The fourth-order valence-electron chi connectivity index (χ4n) is 1.43. The van der Waals surface area contributed by atoms with E-state index in [1.54, 1.807) is 0 Å². The zero-order chi connectivity index (χ0) is 9.31. The highest BCUT2D eigenvalue weighted by atomic mass is 32.2. The first-order chi connectivity index (χ1) is 6.20. The van der Waals surface area contributed by atoms with E-state index in [9.17, 15) is 4.79 Å². The standard InChI is InChI=1S/C9H16N2OS/c1-9(2-3-9)11-8(12)7-6-13-5-4-10-7/h7,10H,2-6H2,1H3,(H,11,12). The number of hydrogen-bond acceptors (Lipinski definition) is 3. The van der Waals surface area contributed by atoms with Crippen molar-refractivity contribution in [3.05, 3.63) is 0 Å². The number of thioether (sulfide) groups is 1. The van der Waals surface area contributed by atoms with Crippen molar-refractivity contribution < 1.29 is 4.79 Å². The number of amides is 1. The summed E-state index contributed by atoms with van der Waals surface area (Å²) in [5.74, 6) is 2.23. The highest BCUT2D eigenvalue weighted by Crippen LogP contribution is 2.34. The van der Waals surface area contributed by atoms with Crippen molar-refractivity contribution in [2.45, 2.75) is 31.3 Å². The van der Waals surface area contributed by atoms with E-state index < -0.39 is 0 Å². The van der Waals surface area contributed by atoms with Crippen LogP contribution < -0.4 is 10.6 Å². The second-order valence-electron chi connectivity index (χ2n) is 4.13. The van der Waals surface area contributed by atoms with E-state index in [4.69, 9.17) is 0 Å². The van der Waals surface area contributed by atoms with Gasteiger partial charge >= 0.3 is 0 Å². The van der Waals surface area contributed by atoms with Crippen LogP contribution in [0.4, 0.5) is 0 Å². The molecule has 2 N–H and O–H groups in total.